The molecule has 0 saturated carbocycles. The van der Waals surface area contributed by atoms with E-state index in [0.29, 0.717) is 19.0 Å². The molecule has 1 aromatic carbocycles. The van der Waals surface area contributed by atoms with Crippen molar-refractivity contribution >= 4 is 11.9 Å². The Balaban J connectivity index is 1.74. The number of esters is 1. The quantitative estimate of drug-likeness (QED) is 0.461. The van der Waals surface area contributed by atoms with Crippen molar-refractivity contribution in [2.45, 2.75) is 13.3 Å². The van der Waals surface area contributed by atoms with Crippen LogP contribution in [0.15, 0.2) is 23.2 Å². The van der Waals surface area contributed by atoms with E-state index in [1.54, 1.807) is 14.0 Å². The fourth-order valence-electron chi connectivity index (χ4n) is 2.18. The Morgan fingerprint density at radius 1 is 1.35 bits per heavy atom. The van der Waals surface area contributed by atoms with E-state index in [9.17, 15) is 4.79 Å². The van der Waals surface area contributed by atoms with Gasteiger partial charge in [-0.05, 0) is 24.1 Å². The van der Waals surface area contributed by atoms with Crippen LogP contribution in [0.4, 0.5) is 0 Å². The Morgan fingerprint density at radius 3 is 2.87 bits per heavy atom. The normalized spacial score (nSPS) is 14.3. The molecule has 2 N–H and O–H groups in total. The zero-order chi connectivity index (χ0) is 16.7. The molecule has 1 aliphatic heterocycles. The summed E-state index contributed by atoms with van der Waals surface area (Å²) in [7, 11) is 3.08. The van der Waals surface area contributed by atoms with Crippen molar-refractivity contribution < 1.29 is 19.0 Å². The Morgan fingerprint density at radius 2 is 2.13 bits per heavy atom. The second-order valence-corrected chi connectivity index (χ2v) is 5.24. The van der Waals surface area contributed by atoms with Gasteiger partial charge in [-0.1, -0.05) is 13.0 Å². The van der Waals surface area contributed by atoms with Gasteiger partial charge in [0.1, 0.15) is 0 Å². The predicted octanol–water partition coefficient (Wildman–Crippen LogP) is 0.932. The van der Waals surface area contributed by atoms with Crippen LogP contribution in [0.25, 0.3) is 0 Å². The number of carbonyl (C=O) groups is 1. The van der Waals surface area contributed by atoms with Crippen molar-refractivity contribution in [1.29, 1.82) is 0 Å². The number of benzene rings is 1. The molecule has 126 valence electrons. The van der Waals surface area contributed by atoms with E-state index in [1.165, 1.54) is 7.11 Å². The molecule has 2 rings (SSSR count). The first-order valence-corrected chi connectivity index (χ1v) is 7.55. The fraction of sp³-hybridized carbons (Fsp3) is 0.500. The number of nitrogens with zero attached hydrogens (tertiary/aromatic N) is 1. The molecule has 1 unspecified atom stereocenters. The number of hydrogen-bond acceptors (Lipinski definition) is 5. The van der Waals surface area contributed by atoms with Gasteiger partial charge in [0, 0.05) is 20.1 Å². The van der Waals surface area contributed by atoms with Gasteiger partial charge in [0.25, 0.3) is 0 Å². The predicted molar refractivity (Wildman–Crippen MR) is 86.8 cm³/mol. The molecule has 1 heterocycles. The summed E-state index contributed by atoms with van der Waals surface area (Å²) in [6, 6.07) is 5.92. The summed E-state index contributed by atoms with van der Waals surface area (Å²) in [5.41, 5.74) is 1.15. The van der Waals surface area contributed by atoms with E-state index in [1.807, 2.05) is 18.2 Å². The molecule has 0 saturated heterocycles. The number of hydrogen-bond donors (Lipinski definition) is 2. The maximum absolute atomic E-state index is 11.4. The minimum atomic E-state index is -0.242. The zero-order valence-electron chi connectivity index (χ0n) is 13.7. The highest BCUT2D eigenvalue weighted by molar-refractivity contribution is 5.80. The average Bonchev–Trinajstić information content (AvgIpc) is 3.04. The molecular formula is C16H23N3O4. The highest BCUT2D eigenvalue weighted by atomic mass is 16.7. The van der Waals surface area contributed by atoms with Gasteiger partial charge in [0.05, 0.1) is 13.0 Å². The zero-order valence-corrected chi connectivity index (χ0v) is 13.7. The molecule has 1 atom stereocenters. The highest BCUT2D eigenvalue weighted by Crippen LogP contribution is 2.32. The Kier molecular flexibility index (Phi) is 6.08. The largest absolute Gasteiger partial charge is 0.469 e. The van der Waals surface area contributed by atoms with E-state index < -0.39 is 0 Å². The molecule has 0 aliphatic carbocycles. The standard InChI is InChI=1S/C16H23N3O4/c1-11(15(20)21-3)9-19-16(17-2)18-7-6-12-4-5-13-14(8-12)23-10-22-13/h4-5,8,11H,6-7,9-10H2,1-3H3,(H2,17,18,19). The van der Waals surface area contributed by atoms with Gasteiger partial charge in [-0.2, -0.15) is 0 Å². The molecule has 0 aromatic heterocycles. The van der Waals surface area contributed by atoms with Gasteiger partial charge < -0.3 is 24.8 Å². The van der Waals surface area contributed by atoms with Crippen molar-refractivity contribution in [2.75, 3.05) is 34.0 Å². The lowest BCUT2D eigenvalue weighted by Gasteiger charge is -2.14. The van der Waals surface area contributed by atoms with E-state index in [0.717, 1.165) is 23.5 Å². The Labute approximate surface area is 136 Å². The molecule has 0 amide bonds. The lowest BCUT2D eigenvalue weighted by Crippen LogP contribution is -2.41. The first-order valence-electron chi connectivity index (χ1n) is 7.55. The van der Waals surface area contributed by atoms with Gasteiger partial charge in [-0.15, -0.1) is 0 Å². The number of aliphatic imine (C=N–C) groups is 1. The number of fused-ring (bicyclic) bond motifs is 1. The number of nitrogens with one attached hydrogen (secondary N) is 2. The van der Waals surface area contributed by atoms with Crippen LogP contribution in [0, 0.1) is 5.92 Å². The smallest absolute Gasteiger partial charge is 0.310 e. The highest BCUT2D eigenvalue weighted by Gasteiger charge is 2.14. The van der Waals surface area contributed by atoms with Crippen molar-refractivity contribution in [3.05, 3.63) is 23.8 Å². The monoisotopic (exact) mass is 321 g/mol. The lowest BCUT2D eigenvalue weighted by atomic mass is 10.1. The summed E-state index contributed by atoms with van der Waals surface area (Å²) in [6.45, 7) is 3.27. The van der Waals surface area contributed by atoms with Gasteiger partial charge >= 0.3 is 5.97 Å². The third-order valence-corrected chi connectivity index (χ3v) is 3.55. The van der Waals surface area contributed by atoms with Crippen molar-refractivity contribution in [1.82, 2.24) is 10.6 Å². The number of carbonyl (C=O) groups excluding carboxylic acids is 1. The molecule has 1 aromatic rings. The van der Waals surface area contributed by atoms with Gasteiger partial charge in [-0.3, -0.25) is 9.79 Å². The number of guanidine groups is 1. The second kappa shape index (κ2) is 8.26. The minimum Gasteiger partial charge on any atom is -0.469 e. The SMILES string of the molecule is CN=C(NCCc1ccc2c(c1)OCO2)NCC(C)C(=O)OC. The van der Waals surface area contributed by atoms with Crippen LogP contribution >= 0.6 is 0 Å². The summed E-state index contributed by atoms with van der Waals surface area (Å²) >= 11 is 0. The fourth-order valence-corrected chi connectivity index (χ4v) is 2.18. The van der Waals surface area contributed by atoms with Gasteiger partial charge in [-0.25, -0.2) is 0 Å². The second-order valence-electron chi connectivity index (χ2n) is 5.24. The molecule has 7 nitrogen and oxygen atoms in total. The Bertz CT molecular complexity index is 574. The molecule has 0 fully saturated rings. The van der Waals surface area contributed by atoms with Gasteiger partial charge in [0.2, 0.25) is 6.79 Å². The summed E-state index contributed by atoms with van der Waals surface area (Å²) in [5.74, 6) is 1.76. The van der Waals surface area contributed by atoms with E-state index in [2.05, 4.69) is 15.6 Å². The van der Waals surface area contributed by atoms with Crippen molar-refractivity contribution in [2.24, 2.45) is 10.9 Å². The first-order chi connectivity index (χ1) is 11.1. The summed E-state index contributed by atoms with van der Waals surface area (Å²) in [5, 5.41) is 6.32. The molecular weight excluding hydrogens is 298 g/mol. The minimum absolute atomic E-state index is 0.229. The number of methoxy groups -OCH3 is 1. The third kappa shape index (κ3) is 4.77. The van der Waals surface area contributed by atoms with E-state index in [-0.39, 0.29) is 18.7 Å². The molecule has 0 spiro atoms. The van der Waals surface area contributed by atoms with Crippen LogP contribution in [0.3, 0.4) is 0 Å². The maximum atomic E-state index is 11.4. The Hall–Kier alpha value is -2.44. The van der Waals surface area contributed by atoms with Crippen LogP contribution in [-0.2, 0) is 16.0 Å². The maximum Gasteiger partial charge on any atom is 0.310 e. The molecule has 0 radical (unpaired) electrons. The van der Waals surface area contributed by atoms with Crippen LogP contribution in [-0.4, -0.2) is 46.0 Å². The van der Waals surface area contributed by atoms with E-state index in [4.69, 9.17) is 14.2 Å². The summed E-state index contributed by atoms with van der Waals surface area (Å²) in [6.07, 6.45) is 0.823. The van der Waals surface area contributed by atoms with Crippen LogP contribution < -0.4 is 20.1 Å². The van der Waals surface area contributed by atoms with Crippen molar-refractivity contribution in [3.63, 3.8) is 0 Å². The van der Waals surface area contributed by atoms with Gasteiger partial charge in [0.15, 0.2) is 17.5 Å². The summed E-state index contributed by atoms with van der Waals surface area (Å²) in [4.78, 5) is 15.5. The molecule has 23 heavy (non-hydrogen) atoms. The van der Waals surface area contributed by atoms with Crippen LogP contribution in [0.2, 0.25) is 0 Å². The lowest BCUT2D eigenvalue weighted by molar-refractivity contribution is -0.144. The first kappa shape index (κ1) is 16.9. The van der Waals surface area contributed by atoms with Crippen LogP contribution in [0.5, 0.6) is 11.5 Å². The summed E-state index contributed by atoms with van der Waals surface area (Å²) < 4.78 is 15.3. The number of rotatable bonds is 6. The van der Waals surface area contributed by atoms with Crippen LogP contribution in [0.1, 0.15) is 12.5 Å². The average molecular weight is 321 g/mol. The topological polar surface area (TPSA) is 81.2 Å². The van der Waals surface area contributed by atoms with E-state index >= 15 is 0 Å². The molecule has 0 bridgehead atoms. The molecule has 1 aliphatic rings. The number of ether oxygens (including phenoxy) is 3. The van der Waals surface area contributed by atoms with Crippen molar-refractivity contribution in [3.8, 4) is 11.5 Å². The third-order valence-electron chi connectivity index (χ3n) is 3.55. The molecule has 7 heteroatoms.